The molecule has 0 bridgehead atoms. The molecular weight excluding hydrogens is 554 g/mol. The van der Waals surface area contributed by atoms with Crippen molar-refractivity contribution in [3.8, 4) is 5.88 Å². The van der Waals surface area contributed by atoms with E-state index in [1.165, 1.54) is 0 Å². The van der Waals surface area contributed by atoms with E-state index >= 15 is 0 Å². The minimum atomic E-state index is -3.56. The highest BCUT2D eigenvalue weighted by Crippen LogP contribution is 2.46. The van der Waals surface area contributed by atoms with Crippen LogP contribution in [-0.2, 0) is 24.2 Å². The van der Waals surface area contributed by atoms with Gasteiger partial charge in [0.15, 0.2) is 15.6 Å². The molecule has 3 fully saturated rings. The zero-order chi connectivity index (χ0) is 30.6. The number of nitrogens with zero attached hydrogens (tertiary/aromatic N) is 2. The molecule has 1 aliphatic heterocycles. The lowest BCUT2D eigenvalue weighted by molar-refractivity contribution is -0.144. The average molecular weight is 596 g/mol. The molecular formula is C32H41N3O6S. The number of sulfone groups is 1. The molecule has 226 valence electrons. The number of carbonyl (C=O) groups excluding carboxylic acids is 3. The first-order valence-corrected chi connectivity index (χ1v) is 16.4. The molecule has 42 heavy (non-hydrogen) atoms. The number of aryl methyl sites for hydroxylation is 1. The van der Waals surface area contributed by atoms with Crippen LogP contribution in [0, 0.1) is 24.2 Å². The first kappa shape index (κ1) is 30.2. The largest absolute Gasteiger partial charge is 0.472 e. The molecule has 1 aromatic heterocycles. The van der Waals surface area contributed by atoms with Crippen molar-refractivity contribution < 1.29 is 27.5 Å². The van der Waals surface area contributed by atoms with E-state index in [-0.39, 0.29) is 36.1 Å². The van der Waals surface area contributed by atoms with Gasteiger partial charge in [-0.05, 0) is 49.1 Å². The second-order valence-corrected chi connectivity index (χ2v) is 15.6. The van der Waals surface area contributed by atoms with Crippen molar-refractivity contribution in [2.75, 3.05) is 12.3 Å². The van der Waals surface area contributed by atoms with E-state index in [1.807, 2.05) is 58.9 Å². The Morgan fingerprint density at radius 1 is 1.24 bits per heavy atom. The number of nitrogens with one attached hydrogen (secondary N) is 1. The predicted octanol–water partition coefficient (Wildman–Crippen LogP) is 3.78. The molecule has 2 amide bonds. The minimum Gasteiger partial charge on any atom is -0.472 e. The molecule has 2 aliphatic carbocycles. The zero-order valence-corrected chi connectivity index (χ0v) is 25.9. The van der Waals surface area contributed by atoms with Crippen molar-refractivity contribution in [3.05, 3.63) is 48.7 Å². The maximum absolute atomic E-state index is 13.9. The topological polar surface area (TPSA) is 123 Å². The number of aromatic nitrogens is 1. The van der Waals surface area contributed by atoms with E-state index in [0.29, 0.717) is 25.1 Å². The number of likely N-dealkylation sites (tertiary alicyclic amines) is 1. The van der Waals surface area contributed by atoms with Crippen LogP contribution in [0.3, 0.4) is 0 Å². The molecule has 5 atom stereocenters. The molecule has 1 saturated heterocycles. The highest BCUT2D eigenvalue weighted by molar-refractivity contribution is 7.93. The third-order valence-electron chi connectivity index (χ3n) is 9.19. The van der Waals surface area contributed by atoms with Crippen molar-refractivity contribution >= 4 is 38.2 Å². The number of benzene rings is 1. The normalized spacial score (nSPS) is 26.5. The zero-order valence-electron chi connectivity index (χ0n) is 25.1. The quantitative estimate of drug-likeness (QED) is 0.415. The molecule has 0 unspecified atom stereocenters. The summed E-state index contributed by atoms with van der Waals surface area (Å²) in [5.41, 5.74) is -0.608. The van der Waals surface area contributed by atoms with Gasteiger partial charge in [0.1, 0.15) is 23.4 Å². The molecule has 1 N–H and O–H groups in total. The highest BCUT2D eigenvalue weighted by atomic mass is 32.2. The average Bonchev–Trinajstić information content (AvgIpc) is 3.84. The van der Waals surface area contributed by atoms with E-state index in [2.05, 4.69) is 16.9 Å². The van der Waals surface area contributed by atoms with Gasteiger partial charge in [-0.15, -0.1) is 6.58 Å². The number of fused-ring (bicyclic) bond motifs is 1. The minimum absolute atomic E-state index is 0.178. The van der Waals surface area contributed by atoms with Crippen molar-refractivity contribution in [1.82, 2.24) is 15.2 Å². The van der Waals surface area contributed by atoms with Crippen LogP contribution < -0.4 is 10.1 Å². The van der Waals surface area contributed by atoms with Gasteiger partial charge in [-0.25, -0.2) is 13.4 Å². The van der Waals surface area contributed by atoms with E-state index in [9.17, 15) is 22.8 Å². The van der Waals surface area contributed by atoms with Crippen LogP contribution in [-0.4, -0.2) is 71.1 Å². The number of amides is 2. The summed E-state index contributed by atoms with van der Waals surface area (Å²) in [6, 6.07) is 7.02. The van der Waals surface area contributed by atoms with Crippen LogP contribution in [0.4, 0.5) is 0 Å². The van der Waals surface area contributed by atoms with Crippen molar-refractivity contribution in [2.45, 2.75) is 83.2 Å². The molecule has 3 aliphatic rings. The summed E-state index contributed by atoms with van der Waals surface area (Å²) in [6.45, 7) is 13.7. The monoisotopic (exact) mass is 595 g/mol. The number of hydrogen-bond donors (Lipinski definition) is 1. The number of rotatable bonds is 10. The van der Waals surface area contributed by atoms with Gasteiger partial charge >= 0.3 is 0 Å². The number of ether oxygens (including phenoxy) is 1. The smallest absolute Gasteiger partial charge is 0.243 e. The van der Waals surface area contributed by atoms with Crippen molar-refractivity contribution in [3.63, 3.8) is 0 Å². The van der Waals surface area contributed by atoms with E-state index in [0.717, 1.165) is 16.3 Å². The Morgan fingerprint density at radius 2 is 1.95 bits per heavy atom. The molecule has 0 spiro atoms. The highest BCUT2D eigenvalue weighted by Gasteiger charge is 2.61. The summed E-state index contributed by atoms with van der Waals surface area (Å²) in [7, 11) is -3.56. The molecule has 9 nitrogen and oxygen atoms in total. The summed E-state index contributed by atoms with van der Waals surface area (Å²) in [5, 5.41) is 4.23. The Morgan fingerprint density at radius 3 is 2.57 bits per heavy atom. The lowest BCUT2D eigenvalue weighted by Crippen LogP contribution is -2.55. The molecule has 2 heterocycles. The standard InChI is InChI=1S/C32H41N3O6S/c1-7-22-16-32(22,27(36)18-42(39,40)24-10-11-24)34-28(37)26-15-23(17-35(26)30(38)20(3)31(4,5)6)41-29-25-14-19(2)8-9-21(25)12-13-33-29/h7-9,12-14,20,22-24,26H,1,10-11,15-18H2,2-6H3,(H,34,37)/t20-,22-,23-,26+,32-/m1/s1. The first-order valence-electron chi connectivity index (χ1n) is 14.7. The van der Waals surface area contributed by atoms with Crippen molar-refractivity contribution in [2.24, 2.45) is 17.3 Å². The number of pyridine rings is 1. The van der Waals surface area contributed by atoms with Crippen LogP contribution >= 0.6 is 0 Å². The lowest BCUT2D eigenvalue weighted by Gasteiger charge is -2.33. The summed E-state index contributed by atoms with van der Waals surface area (Å²) in [6.07, 6.45) is 4.38. The van der Waals surface area contributed by atoms with Gasteiger partial charge in [-0.2, -0.15) is 0 Å². The van der Waals surface area contributed by atoms with E-state index in [4.69, 9.17) is 4.74 Å². The second-order valence-electron chi connectivity index (χ2n) is 13.3. The molecule has 5 rings (SSSR count). The Labute approximate surface area is 248 Å². The van der Waals surface area contributed by atoms with Gasteiger partial charge < -0.3 is 15.0 Å². The van der Waals surface area contributed by atoms with Gasteiger partial charge in [0.05, 0.1) is 11.8 Å². The summed E-state index contributed by atoms with van der Waals surface area (Å²) >= 11 is 0. The van der Waals surface area contributed by atoms with Crippen LogP contribution in [0.1, 0.15) is 58.9 Å². The fraction of sp³-hybridized carbons (Fsp3) is 0.562. The Bertz CT molecular complexity index is 1540. The molecule has 0 radical (unpaired) electrons. The summed E-state index contributed by atoms with van der Waals surface area (Å²) in [4.78, 5) is 47.0. The lowest BCUT2D eigenvalue weighted by atomic mass is 9.81. The van der Waals surface area contributed by atoms with Gasteiger partial charge in [0, 0.05) is 29.8 Å². The van der Waals surface area contributed by atoms with E-state index < -0.39 is 50.2 Å². The van der Waals surface area contributed by atoms with Gasteiger partial charge in [0.25, 0.3) is 0 Å². The van der Waals surface area contributed by atoms with Crippen LogP contribution in [0.5, 0.6) is 5.88 Å². The SMILES string of the molecule is C=C[C@@H]1C[C@]1(NC(=O)[C@@H]1C[C@@H](Oc2nccc3ccc(C)cc23)CN1C(=O)[C@@H](C)C(C)(C)C)C(=O)CS(=O)(=O)C1CC1. The van der Waals surface area contributed by atoms with Gasteiger partial charge in [0.2, 0.25) is 17.7 Å². The van der Waals surface area contributed by atoms with Crippen molar-refractivity contribution in [1.29, 1.82) is 0 Å². The van der Waals surface area contributed by atoms with Crippen LogP contribution in [0.15, 0.2) is 43.1 Å². The fourth-order valence-electron chi connectivity index (χ4n) is 5.77. The maximum Gasteiger partial charge on any atom is 0.243 e. The van der Waals surface area contributed by atoms with Gasteiger partial charge in [-0.1, -0.05) is 51.5 Å². The summed E-state index contributed by atoms with van der Waals surface area (Å²) < 4.78 is 31.6. The molecule has 2 saturated carbocycles. The predicted molar refractivity (Wildman–Crippen MR) is 161 cm³/mol. The summed E-state index contributed by atoms with van der Waals surface area (Å²) in [5.74, 6) is -2.10. The van der Waals surface area contributed by atoms with Crippen LogP contribution in [0.2, 0.25) is 0 Å². The number of hydrogen-bond acceptors (Lipinski definition) is 7. The molecule has 10 heteroatoms. The second kappa shape index (κ2) is 10.8. The van der Waals surface area contributed by atoms with Crippen LogP contribution in [0.25, 0.3) is 10.8 Å². The Kier molecular flexibility index (Phi) is 7.75. The Hall–Kier alpha value is -3.27. The first-order chi connectivity index (χ1) is 19.7. The maximum atomic E-state index is 13.9. The number of ketones is 1. The molecule has 1 aromatic carbocycles. The third kappa shape index (κ3) is 5.82. The third-order valence-corrected chi connectivity index (χ3v) is 11.3. The van der Waals surface area contributed by atoms with Gasteiger partial charge in [-0.3, -0.25) is 14.4 Å². The Balaban J connectivity index is 1.40. The number of Topliss-reactive ketones (excluding diaryl/α,β-unsaturated/α-hetero) is 1. The van der Waals surface area contributed by atoms with E-state index in [1.54, 1.807) is 17.2 Å². The molecule has 2 aromatic rings. The number of carbonyl (C=O) groups is 3. The fourth-order valence-corrected chi connectivity index (χ4v) is 7.48.